The van der Waals surface area contributed by atoms with Crippen LogP contribution in [0.1, 0.15) is 32.1 Å². The molecule has 0 unspecified atom stereocenters. The maximum absolute atomic E-state index is 12.5. The lowest BCUT2D eigenvalue weighted by Gasteiger charge is -2.32. The van der Waals surface area contributed by atoms with Crippen molar-refractivity contribution in [1.82, 2.24) is 15.3 Å². The summed E-state index contributed by atoms with van der Waals surface area (Å²) in [5, 5.41) is 2.94. The first-order valence-corrected chi connectivity index (χ1v) is 9.34. The molecule has 7 heteroatoms. The molecule has 1 aromatic heterocycles. The average molecular weight is 378 g/mol. The molecule has 0 aliphatic carbocycles. The number of benzene rings is 2. The number of nitrogens with zero attached hydrogens (tertiary/aromatic N) is 2. The fraction of sp³-hybridized carbons (Fsp3) is 0.286. The summed E-state index contributed by atoms with van der Waals surface area (Å²) in [5.74, 6) is 1.08. The van der Waals surface area contributed by atoms with Gasteiger partial charge in [-0.3, -0.25) is 9.59 Å². The number of aromatic amines is 1. The van der Waals surface area contributed by atoms with Gasteiger partial charge in [0, 0.05) is 13.0 Å². The number of amides is 2. The van der Waals surface area contributed by atoms with Crippen molar-refractivity contribution in [2.75, 3.05) is 11.4 Å². The number of fused-ring (bicyclic) bond motifs is 2. The van der Waals surface area contributed by atoms with Gasteiger partial charge in [-0.05, 0) is 38.1 Å². The maximum Gasteiger partial charge on any atom is 0.267 e. The van der Waals surface area contributed by atoms with Gasteiger partial charge < -0.3 is 19.9 Å². The Kier molecular flexibility index (Phi) is 4.73. The molecular weight excluding hydrogens is 356 g/mol. The Hall–Kier alpha value is -3.35. The number of carbonyl (C=O) groups excluding carboxylic acids is 2. The van der Waals surface area contributed by atoms with Gasteiger partial charge in [0.15, 0.2) is 6.10 Å². The largest absolute Gasteiger partial charge is 0.479 e. The SMILES string of the molecule is C[C@H](NC(=O)CCN1C(=O)[C@@H](C)Oc2ccccc21)c1nc2ccccc2[nH]1. The Morgan fingerprint density at radius 3 is 2.82 bits per heavy atom. The fourth-order valence-electron chi connectivity index (χ4n) is 3.36. The molecular formula is C21H22N4O3. The van der Waals surface area contributed by atoms with Crippen molar-refractivity contribution in [3.8, 4) is 5.75 Å². The van der Waals surface area contributed by atoms with Crippen molar-refractivity contribution in [2.45, 2.75) is 32.4 Å². The van der Waals surface area contributed by atoms with E-state index in [1.54, 1.807) is 11.8 Å². The Balaban J connectivity index is 1.41. The number of aromatic nitrogens is 2. The molecule has 0 saturated heterocycles. The zero-order chi connectivity index (χ0) is 19.7. The summed E-state index contributed by atoms with van der Waals surface area (Å²) in [6, 6.07) is 14.8. The van der Waals surface area contributed by atoms with Crippen molar-refractivity contribution in [3.05, 3.63) is 54.4 Å². The Morgan fingerprint density at radius 2 is 2.00 bits per heavy atom. The molecule has 0 radical (unpaired) electrons. The minimum absolute atomic E-state index is 0.141. The second-order valence-electron chi connectivity index (χ2n) is 6.90. The van der Waals surface area contributed by atoms with Gasteiger partial charge in [-0.25, -0.2) is 4.98 Å². The van der Waals surface area contributed by atoms with E-state index in [-0.39, 0.29) is 24.3 Å². The number of ether oxygens (including phenoxy) is 1. The van der Waals surface area contributed by atoms with Gasteiger partial charge in [0.2, 0.25) is 5.91 Å². The lowest BCUT2D eigenvalue weighted by atomic mass is 10.1. The van der Waals surface area contributed by atoms with Gasteiger partial charge in [0.1, 0.15) is 11.6 Å². The molecule has 4 rings (SSSR count). The molecule has 0 fully saturated rings. The monoisotopic (exact) mass is 378 g/mol. The van der Waals surface area contributed by atoms with E-state index in [1.807, 2.05) is 55.5 Å². The molecule has 144 valence electrons. The van der Waals surface area contributed by atoms with E-state index in [4.69, 9.17) is 4.74 Å². The number of H-pyrrole nitrogens is 1. The molecule has 3 aromatic rings. The molecule has 1 aliphatic rings. The highest BCUT2D eigenvalue weighted by Crippen LogP contribution is 2.33. The number of nitrogens with one attached hydrogen (secondary N) is 2. The van der Waals surface area contributed by atoms with Crippen LogP contribution in [0.5, 0.6) is 5.75 Å². The molecule has 2 amide bonds. The molecule has 28 heavy (non-hydrogen) atoms. The second kappa shape index (κ2) is 7.34. The minimum Gasteiger partial charge on any atom is -0.479 e. The first-order chi connectivity index (χ1) is 13.5. The van der Waals surface area contributed by atoms with E-state index >= 15 is 0 Å². The van der Waals surface area contributed by atoms with E-state index in [2.05, 4.69) is 15.3 Å². The van der Waals surface area contributed by atoms with Gasteiger partial charge in [0.05, 0.1) is 22.8 Å². The first kappa shape index (κ1) is 18.0. The molecule has 0 spiro atoms. The summed E-state index contributed by atoms with van der Waals surface area (Å²) in [5.41, 5.74) is 2.50. The molecule has 0 saturated carbocycles. The van der Waals surface area contributed by atoms with Crippen LogP contribution in [0, 0.1) is 0 Å². The standard InChI is InChI=1S/C21H22N4O3/c1-13(20-23-15-7-3-4-8-16(15)24-20)22-19(26)11-12-25-17-9-5-6-10-18(17)28-14(2)21(25)27/h3-10,13-14H,11-12H2,1-2H3,(H,22,26)(H,23,24)/t13-,14+/m0/s1. The van der Waals surface area contributed by atoms with Crippen molar-refractivity contribution >= 4 is 28.5 Å². The number of imidazole rings is 1. The van der Waals surface area contributed by atoms with E-state index in [0.29, 0.717) is 23.8 Å². The van der Waals surface area contributed by atoms with Crippen molar-refractivity contribution in [3.63, 3.8) is 0 Å². The van der Waals surface area contributed by atoms with Crippen LogP contribution in [0.4, 0.5) is 5.69 Å². The van der Waals surface area contributed by atoms with Gasteiger partial charge in [-0.2, -0.15) is 0 Å². The summed E-state index contributed by atoms with van der Waals surface area (Å²) in [6.07, 6.45) is -0.371. The molecule has 1 aliphatic heterocycles. The topological polar surface area (TPSA) is 87.3 Å². The van der Waals surface area contributed by atoms with Crippen molar-refractivity contribution < 1.29 is 14.3 Å². The summed E-state index contributed by atoms with van der Waals surface area (Å²) >= 11 is 0. The van der Waals surface area contributed by atoms with Crippen LogP contribution in [-0.4, -0.2) is 34.4 Å². The zero-order valence-corrected chi connectivity index (χ0v) is 15.8. The zero-order valence-electron chi connectivity index (χ0n) is 15.8. The Morgan fingerprint density at radius 1 is 1.25 bits per heavy atom. The normalized spacial score (nSPS) is 17.1. The lowest BCUT2D eigenvalue weighted by Crippen LogP contribution is -2.45. The molecule has 0 bridgehead atoms. The number of hydrogen-bond donors (Lipinski definition) is 2. The summed E-state index contributed by atoms with van der Waals surface area (Å²) < 4.78 is 5.63. The van der Waals surface area contributed by atoms with Crippen LogP contribution in [0.25, 0.3) is 11.0 Å². The summed E-state index contributed by atoms with van der Waals surface area (Å²) in [7, 11) is 0. The fourth-order valence-corrected chi connectivity index (χ4v) is 3.36. The van der Waals surface area contributed by atoms with Gasteiger partial charge in [-0.15, -0.1) is 0 Å². The Labute approximate surface area is 162 Å². The van der Waals surface area contributed by atoms with Crippen LogP contribution in [0.15, 0.2) is 48.5 Å². The predicted molar refractivity (Wildman–Crippen MR) is 106 cm³/mol. The number of anilines is 1. The maximum atomic E-state index is 12.5. The van der Waals surface area contributed by atoms with Crippen LogP contribution in [0.2, 0.25) is 0 Å². The summed E-state index contributed by atoms with van der Waals surface area (Å²) in [6.45, 7) is 3.89. The van der Waals surface area contributed by atoms with Crippen LogP contribution in [0.3, 0.4) is 0 Å². The predicted octanol–water partition coefficient (Wildman–Crippen LogP) is 2.94. The van der Waals surface area contributed by atoms with Gasteiger partial charge in [0.25, 0.3) is 5.91 Å². The Bertz CT molecular complexity index is 996. The van der Waals surface area contributed by atoms with E-state index in [1.165, 1.54) is 0 Å². The van der Waals surface area contributed by atoms with Crippen LogP contribution < -0.4 is 15.0 Å². The molecule has 2 N–H and O–H groups in total. The smallest absolute Gasteiger partial charge is 0.267 e. The lowest BCUT2D eigenvalue weighted by molar-refractivity contribution is -0.125. The summed E-state index contributed by atoms with van der Waals surface area (Å²) in [4.78, 5) is 34.3. The second-order valence-corrected chi connectivity index (χ2v) is 6.90. The first-order valence-electron chi connectivity index (χ1n) is 9.34. The van der Waals surface area contributed by atoms with Crippen molar-refractivity contribution in [2.24, 2.45) is 0 Å². The number of carbonyl (C=O) groups is 2. The third kappa shape index (κ3) is 3.43. The minimum atomic E-state index is -0.563. The third-order valence-corrected chi connectivity index (χ3v) is 4.83. The van der Waals surface area contributed by atoms with E-state index in [0.717, 1.165) is 11.0 Å². The average Bonchev–Trinajstić information content (AvgIpc) is 3.13. The highest BCUT2D eigenvalue weighted by atomic mass is 16.5. The molecule has 2 aromatic carbocycles. The number of para-hydroxylation sites is 4. The van der Waals surface area contributed by atoms with E-state index in [9.17, 15) is 9.59 Å². The number of hydrogen-bond acceptors (Lipinski definition) is 4. The molecule has 2 heterocycles. The molecule has 2 atom stereocenters. The van der Waals surface area contributed by atoms with Gasteiger partial charge >= 0.3 is 0 Å². The highest BCUT2D eigenvalue weighted by molar-refractivity contribution is 6.00. The highest BCUT2D eigenvalue weighted by Gasteiger charge is 2.31. The van der Waals surface area contributed by atoms with Crippen molar-refractivity contribution in [1.29, 1.82) is 0 Å². The van der Waals surface area contributed by atoms with Gasteiger partial charge in [-0.1, -0.05) is 24.3 Å². The van der Waals surface area contributed by atoms with Crippen LogP contribution in [-0.2, 0) is 9.59 Å². The quantitative estimate of drug-likeness (QED) is 0.715. The number of rotatable bonds is 5. The third-order valence-electron chi connectivity index (χ3n) is 4.83. The van der Waals surface area contributed by atoms with E-state index < -0.39 is 6.10 Å². The molecule has 7 nitrogen and oxygen atoms in total. The van der Waals surface area contributed by atoms with Crippen LogP contribution >= 0.6 is 0 Å².